The van der Waals surface area contributed by atoms with Crippen LogP contribution >= 0.6 is 0 Å². The van der Waals surface area contributed by atoms with Gasteiger partial charge >= 0.3 is 0 Å². The number of fused-ring (bicyclic) bond motifs is 8. The van der Waals surface area contributed by atoms with Crippen LogP contribution in [0, 0.1) is 0 Å². The first-order valence-electron chi connectivity index (χ1n) is 47.7. The van der Waals surface area contributed by atoms with Crippen molar-refractivity contribution in [3.05, 3.63) is 202 Å². The van der Waals surface area contributed by atoms with Crippen molar-refractivity contribution in [3.8, 4) is 0 Å². The van der Waals surface area contributed by atoms with Gasteiger partial charge in [-0.1, -0.05) is 267 Å². The van der Waals surface area contributed by atoms with E-state index in [-0.39, 0.29) is 0 Å². The lowest BCUT2D eigenvalue weighted by atomic mass is 9.75. The Balaban J connectivity index is -0.000000293. The Bertz CT molecular complexity index is 2920. The summed E-state index contributed by atoms with van der Waals surface area (Å²) in [6.45, 7) is 102. The molecule has 13 nitrogen and oxygen atoms in total. The molecule has 15 rings (SSSR count). The highest BCUT2D eigenvalue weighted by Crippen LogP contribution is 2.46. The first kappa shape index (κ1) is 121. The monoisotopic (exact) mass is 1620 g/mol. The standard InChI is InChI=1S/C15H22N2.2C11H15N.3C10H14N2.C9H13N3.14C2H6/c1-12(2)17-11-15(7-9-16-10-8-15)13-5-3-4-6-14(13)17;1-9(2)12-7-10-5-3-4-6-11(10)8-12;1-9(2)12-8-7-10-5-3-4-6-11(10)12;1-8(2)12-6-9-3-4-11-5-10(9)7-12;1-8(2)12-7-5-9-4-3-6-11-10(9)12;1-8(2)12-6-9-4-3-5-11-10(9)7-12;1-7(2)12-4-8-3-10-6-11-9(8)5-12;14*1-2/h3-6,12,16H,7-11H2,1-2H3;2*3-6,9H,7-8H2,1-2H3;3-5,8H,6-7H2,1-2H3;3-4,6,8H,5,7H2,1-2H3;3-5,8H,6-7H2,1-2H3;3,6-7H,4-5H2,1-2H3;14*1-2H3. The molecule has 0 bridgehead atoms. The van der Waals surface area contributed by atoms with Gasteiger partial charge in [-0.15, -0.1) is 0 Å². The summed E-state index contributed by atoms with van der Waals surface area (Å²) in [4.78, 5) is 38.3. The van der Waals surface area contributed by atoms with E-state index in [1.54, 1.807) is 11.9 Å². The van der Waals surface area contributed by atoms with Gasteiger partial charge in [-0.2, -0.15) is 0 Å². The summed E-state index contributed by atoms with van der Waals surface area (Å²) < 4.78 is 0. The van der Waals surface area contributed by atoms with Crippen molar-refractivity contribution >= 4 is 17.2 Å². The van der Waals surface area contributed by atoms with Gasteiger partial charge in [0.15, 0.2) is 0 Å². The molecule has 0 atom stereocenters. The largest absolute Gasteiger partial charge is 0.369 e. The van der Waals surface area contributed by atoms with Crippen LogP contribution < -0.4 is 20.0 Å². The maximum Gasteiger partial charge on any atom is 0.132 e. The molecule has 1 N–H and O–H groups in total. The fraction of sp³-hybridized carbons (Fsp3) is 0.644. The number of hydrogen-bond donors (Lipinski definition) is 1. The summed E-state index contributed by atoms with van der Waals surface area (Å²) in [7, 11) is 0. The Morgan fingerprint density at radius 3 is 1.09 bits per heavy atom. The predicted molar refractivity (Wildman–Crippen MR) is 529 cm³/mol. The van der Waals surface area contributed by atoms with Gasteiger partial charge < -0.3 is 20.0 Å². The highest BCUT2D eigenvalue weighted by Gasteiger charge is 2.43. The van der Waals surface area contributed by atoms with Crippen LogP contribution in [0.5, 0.6) is 0 Å². The van der Waals surface area contributed by atoms with E-state index in [9.17, 15) is 0 Å². The highest BCUT2D eigenvalue weighted by atomic mass is 15.2. The third-order valence-corrected chi connectivity index (χ3v) is 19.2. The normalized spacial score (nSPS) is 14.0. The molecule has 117 heavy (non-hydrogen) atoms. The summed E-state index contributed by atoms with van der Waals surface area (Å²) in [5.41, 5.74) is 18.8. The quantitative estimate of drug-likeness (QED) is 0.164. The molecule has 7 aromatic rings. The Kier molecular flexibility index (Phi) is 79.5. The van der Waals surface area contributed by atoms with Crippen molar-refractivity contribution in [1.29, 1.82) is 0 Å². The molecular formula is C104H191N13. The third-order valence-electron chi connectivity index (χ3n) is 19.2. The van der Waals surface area contributed by atoms with Crippen LogP contribution in [0.1, 0.15) is 365 Å². The van der Waals surface area contributed by atoms with Crippen LogP contribution in [0.4, 0.5) is 17.2 Å². The molecule has 3 aromatic carbocycles. The minimum atomic E-state index is 0.423. The number of pyridine rings is 3. The lowest BCUT2D eigenvalue weighted by molar-refractivity contribution is 0.226. The fourth-order valence-corrected chi connectivity index (χ4v) is 13.5. The number of para-hydroxylation sites is 2. The molecule has 8 aliphatic rings. The average Bonchev–Trinajstić information content (AvgIpc) is 1.60. The first-order chi connectivity index (χ1) is 56.9. The van der Waals surface area contributed by atoms with E-state index in [4.69, 9.17) is 0 Å². The molecule has 0 amide bonds. The van der Waals surface area contributed by atoms with E-state index < -0.39 is 0 Å². The molecule has 1 fully saturated rings. The van der Waals surface area contributed by atoms with Gasteiger partial charge in [-0.25, -0.2) is 15.0 Å². The summed E-state index contributed by atoms with van der Waals surface area (Å²) >= 11 is 0. The molecule has 4 aromatic heterocycles. The van der Waals surface area contributed by atoms with E-state index in [0.29, 0.717) is 47.7 Å². The zero-order valence-electron chi connectivity index (χ0n) is 84.7. The number of piperidine rings is 1. The van der Waals surface area contributed by atoms with Gasteiger partial charge in [0.25, 0.3) is 0 Å². The van der Waals surface area contributed by atoms with Crippen molar-refractivity contribution in [2.24, 2.45) is 0 Å². The van der Waals surface area contributed by atoms with E-state index in [0.717, 1.165) is 65.3 Å². The fourth-order valence-electron chi connectivity index (χ4n) is 13.5. The third kappa shape index (κ3) is 42.0. The second-order valence-corrected chi connectivity index (χ2v) is 27.5. The molecule has 12 heterocycles. The lowest BCUT2D eigenvalue weighted by Crippen LogP contribution is -2.44. The molecule has 1 spiro atoms. The number of benzene rings is 3. The van der Waals surface area contributed by atoms with Crippen molar-refractivity contribution in [2.75, 3.05) is 47.4 Å². The summed E-state index contributed by atoms with van der Waals surface area (Å²) in [5, 5.41) is 3.49. The molecule has 1 saturated heterocycles. The predicted octanol–water partition coefficient (Wildman–Crippen LogP) is 28.4. The second-order valence-electron chi connectivity index (χ2n) is 27.5. The minimum Gasteiger partial charge on any atom is -0.369 e. The van der Waals surface area contributed by atoms with Gasteiger partial charge in [0.1, 0.15) is 12.1 Å². The molecule has 0 radical (unpaired) electrons. The van der Waals surface area contributed by atoms with E-state index in [1.165, 1.54) is 119 Å². The van der Waals surface area contributed by atoms with Crippen LogP contribution in [-0.4, -0.2) is 120 Å². The van der Waals surface area contributed by atoms with Crippen LogP contribution in [-0.2, 0) is 70.6 Å². The van der Waals surface area contributed by atoms with E-state index in [1.807, 2.05) is 237 Å². The van der Waals surface area contributed by atoms with Crippen LogP contribution in [0.3, 0.4) is 0 Å². The van der Waals surface area contributed by atoms with E-state index in [2.05, 4.69) is 252 Å². The van der Waals surface area contributed by atoms with Crippen molar-refractivity contribution < 1.29 is 0 Å². The molecule has 0 unspecified atom stereocenters. The van der Waals surface area contributed by atoms with E-state index >= 15 is 0 Å². The number of rotatable bonds is 7. The van der Waals surface area contributed by atoms with Crippen molar-refractivity contribution in [3.63, 3.8) is 0 Å². The van der Waals surface area contributed by atoms with Gasteiger partial charge in [0.05, 0.1) is 11.4 Å². The molecule has 0 aliphatic carbocycles. The number of nitrogens with zero attached hydrogens (tertiary/aromatic N) is 12. The van der Waals surface area contributed by atoms with Crippen LogP contribution in [0.2, 0.25) is 0 Å². The highest BCUT2D eigenvalue weighted by molar-refractivity contribution is 5.63. The Morgan fingerprint density at radius 1 is 0.291 bits per heavy atom. The maximum atomic E-state index is 4.39. The average molecular weight is 1620 g/mol. The van der Waals surface area contributed by atoms with Gasteiger partial charge in [0, 0.05) is 168 Å². The molecule has 13 heteroatoms. The Labute approximate surface area is 728 Å². The molecule has 672 valence electrons. The molecular weight excluding hydrogens is 1430 g/mol. The first-order valence-corrected chi connectivity index (χ1v) is 47.7. The Hall–Kier alpha value is -6.61. The molecule has 0 saturated carbocycles. The number of nitrogens with one attached hydrogen (secondary N) is 1. The van der Waals surface area contributed by atoms with Gasteiger partial charge in [0.2, 0.25) is 0 Å². The molecule has 8 aliphatic heterocycles. The smallest absolute Gasteiger partial charge is 0.132 e. The SMILES string of the molecule is CC.CC.CC.CC.CC.CC.CC.CC.CC.CC.CC.CC.CC.CC.CC(C)N1CC2(CCNCC2)c2ccccc21.CC(C)N1CCc2ccccc21.CC(C)N1CCc2cccnc21.CC(C)N1Cc2ccccc2C1.CC(C)N1Cc2cccnc2C1.CC(C)N1Cc2ccncc2C1.CC(C)N1Cc2cncnc2C1. The van der Waals surface area contributed by atoms with Crippen LogP contribution in [0.15, 0.2) is 140 Å². The van der Waals surface area contributed by atoms with Gasteiger partial charge in [-0.05, 0) is 211 Å². The topological polar surface area (TPSA) is 99.2 Å². The summed E-state index contributed by atoms with van der Waals surface area (Å²) in [6, 6.07) is 41.3. The van der Waals surface area contributed by atoms with Crippen molar-refractivity contribution in [2.45, 2.75) is 417 Å². The Morgan fingerprint density at radius 2 is 0.641 bits per heavy atom. The lowest BCUT2D eigenvalue weighted by Gasteiger charge is -2.35. The van der Waals surface area contributed by atoms with Crippen LogP contribution in [0.25, 0.3) is 0 Å². The maximum absolute atomic E-state index is 4.39. The minimum absolute atomic E-state index is 0.423. The zero-order valence-corrected chi connectivity index (χ0v) is 84.7. The summed E-state index contributed by atoms with van der Waals surface area (Å²) in [6.07, 6.45) is 16.1. The summed E-state index contributed by atoms with van der Waals surface area (Å²) in [5.74, 6) is 1.19. The number of hydrogen-bond acceptors (Lipinski definition) is 13. The van der Waals surface area contributed by atoms with Crippen molar-refractivity contribution in [1.82, 2.24) is 49.8 Å². The van der Waals surface area contributed by atoms with Gasteiger partial charge in [-0.3, -0.25) is 29.6 Å². The number of aromatic nitrogens is 5. The number of anilines is 3. The second kappa shape index (κ2) is 76.8. The zero-order chi connectivity index (χ0) is 91.2.